The molecule has 2 heteroatoms. The highest BCUT2D eigenvalue weighted by Gasteiger charge is 2.36. The van der Waals surface area contributed by atoms with Crippen LogP contribution < -0.4 is 4.73 Å². The summed E-state index contributed by atoms with van der Waals surface area (Å²) in [6.45, 7) is 0. The normalized spacial score (nSPS) is 11.0. The van der Waals surface area contributed by atoms with E-state index in [1.54, 1.807) is 6.07 Å². The van der Waals surface area contributed by atoms with Crippen LogP contribution in [-0.4, -0.2) is 0 Å². The molecule has 0 radical (unpaired) electrons. The highest BCUT2D eigenvalue weighted by Crippen LogP contribution is 2.40. The zero-order valence-electron chi connectivity index (χ0n) is 26.9. The Kier molecular flexibility index (Phi) is 8.88. The minimum atomic E-state index is -0.796. The lowest BCUT2D eigenvalue weighted by atomic mass is 9.70. The van der Waals surface area contributed by atoms with E-state index in [4.69, 9.17) is 0 Å². The van der Waals surface area contributed by atoms with Crippen molar-refractivity contribution in [3.8, 4) is 23.7 Å². The number of rotatable bonds is 6. The molecule has 0 bridgehead atoms. The van der Waals surface area contributed by atoms with Crippen molar-refractivity contribution in [2.24, 2.45) is 0 Å². The van der Waals surface area contributed by atoms with Crippen molar-refractivity contribution in [3.63, 3.8) is 0 Å². The molecule has 0 aliphatic carbocycles. The first-order valence-electron chi connectivity index (χ1n) is 16.3. The second kappa shape index (κ2) is 14.0. The monoisotopic (exact) mass is 627 g/mol. The highest BCUT2D eigenvalue weighted by atomic mass is 16.5. The molecule has 7 aromatic rings. The van der Waals surface area contributed by atoms with E-state index in [1.807, 2.05) is 115 Å². The second-order valence-corrected chi connectivity index (χ2v) is 11.8. The third-order valence-electron chi connectivity index (χ3n) is 8.93. The van der Waals surface area contributed by atoms with Gasteiger partial charge < -0.3 is 5.21 Å². The maximum absolute atomic E-state index is 13.6. The van der Waals surface area contributed by atoms with E-state index in [-0.39, 0.29) is 0 Å². The molecule has 0 fully saturated rings. The molecule has 2 nitrogen and oxygen atoms in total. The summed E-state index contributed by atoms with van der Waals surface area (Å²) in [5.74, 6) is 13.9. The fourth-order valence-corrected chi connectivity index (χ4v) is 6.54. The van der Waals surface area contributed by atoms with E-state index in [0.29, 0.717) is 11.3 Å². The quantitative estimate of drug-likeness (QED) is 0.0782. The molecule has 1 aromatic heterocycles. The van der Waals surface area contributed by atoms with Crippen LogP contribution in [0.5, 0.6) is 0 Å². The van der Waals surface area contributed by atoms with Crippen molar-refractivity contribution in [2.75, 3.05) is 0 Å². The van der Waals surface area contributed by atoms with Crippen molar-refractivity contribution in [3.05, 3.63) is 250 Å². The predicted molar refractivity (Wildman–Crippen MR) is 198 cm³/mol. The van der Waals surface area contributed by atoms with Crippen LogP contribution in [0, 0.1) is 28.9 Å². The van der Waals surface area contributed by atoms with E-state index in [2.05, 4.69) is 96.5 Å². The van der Waals surface area contributed by atoms with Crippen LogP contribution in [-0.2, 0) is 10.8 Å². The SMILES string of the molecule is [O-][n+]1cc(C#CC(c2ccccc2)(c2ccccc2)c2ccccc2)ccc1C#CC(c1ccccc1)(c1ccccc1)c1ccccc1. The van der Waals surface area contributed by atoms with Gasteiger partial charge in [-0.15, -0.1) is 0 Å². The van der Waals surface area contributed by atoms with E-state index in [0.717, 1.165) is 38.1 Å². The second-order valence-electron chi connectivity index (χ2n) is 11.8. The maximum Gasteiger partial charge on any atom is 0.268 e. The fourth-order valence-electron chi connectivity index (χ4n) is 6.54. The summed E-state index contributed by atoms with van der Waals surface area (Å²) in [4.78, 5) is 0. The van der Waals surface area contributed by atoms with Gasteiger partial charge in [-0.25, -0.2) is 0 Å². The fraction of sp³-hybridized carbons (Fsp3) is 0.0426. The Labute approximate surface area is 288 Å². The smallest absolute Gasteiger partial charge is 0.268 e. The Hall–Kier alpha value is -6.61. The molecule has 0 amide bonds. The summed E-state index contributed by atoms with van der Waals surface area (Å²) in [5, 5.41) is 13.6. The van der Waals surface area contributed by atoms with Gasteiger partial charge in [0.1, 0.15) is 10.8 Å². The van der Waals surface area contributed by atoms with Gasteiger partial charge in [0.2, 0.25) is 0 Å². The van der Waals surface area contributed by atoms with E-state index in [9.17, 15) is 5.21 Å². The number of aromatic nitrogens is 1. The molecular weight excluding hydrogens is 595 g/mol. The average Bonchev–Trinajstić information content (AvgIpc) is 3.18. The number of pyridine rings is 1. The van der Waals surface area contributed by atoms with Gasteiger partial charge in [0, 0.05) is 12.0 Å². The van der Waals surface area contributed by atoms with Crippen LogP contribution in [0.4, 0.5) is 0 Å². The first-order chi connectivity index (χ1) is 24.2. The largest absolute Gasteiger partial charge is 0.618 e. The molecule has 1 heterocycles. The summed E-state index contributed by atoms with van der Waals surface area (Å²) in [6, 6.07) is 65.3. The third kappa shape index (κ3) is 6.13. The maximum atomic E-state index is 13.6. The van der Waals surface area contributed by atoms with Crippen molar-refractivity contribution >= 4 is 0 Å². The van der Waals surface area contributed by atoms with E-state index < -0.39 is 10.8 Å². The van der Waals surface area contributed by atoms with E-state index in [1.165, 1.54) is 6.20 Å². The van der Waals surface area contributed by atoms with Gasteiger partial charge in [-0.3, -0.25) is 0 Å². The van der Waals surface area contributed by atoms with Gasteiger partial charge >= 0.3 is 0 Å². The first kappa shape index (κ1) is 31.0. The van der Waals surface area contributed by atoms with Crippen molar-refractivity contribution in [1.29, 1.82) is 0 Å². The highest BCUT2D eigenvalue weighted by molar-refractivity contribution is 5.61. The lowest BCUT2D eigenvalue weighted by molar-refractivity contribution is -0.608. The minimum Gasteiger partial charge on any atom is -0.618 e. The van der Waals surface area contributed by atoms with Crippen molar-refractivity contribution in [1.82, 2.24) is 0 Å². The van der Waals surface area contributed by atoms with Gasteiger partial charge in [0.05, 0.1) is 5.56 Å². The van der Waals surface area contributed by atoms with Crippen LogP contribution in [0.3, 0.4) is 0 Å². The lowest BCUT2D eigenvalue weighted by Gasteiger charge is -2.31. The Morgan fingerprint density at radius 2 is 0.633 bits per heavy atom. The number of hydrogen-bond acceptors (Lipinski definition) is 1. The zero-order valence-corrected chi connectivity index (χ0v) is 26.9. The van der Waals surface area contributed by atoms with Crippen LogP contribution in [0.2, 0.25) is 0 Å². The van der Waals surface area contributed by atoms with Crippen LogP contribution in [0.1, 0.15) is 44.6 Å². The molecule has 0 N–H and O–H groups in total. The summed E-state index contributed by atoms with van der Waals surface area (Å²) in [7, 11) is 0. The van der Waals surface area contributed by atoms with Crippen LogP contribution in [0.25, 0.3) is 0 Å². The number of nitrogens with zero attached hydrogens (tertiary/aromatic N) is 1. The summed E-state index contributed by atoms with van der Waals surface area (Å²) < 4.78 is 0.831. The average molecular weight is 628 g/mol. The molecule has 0 saturated carbocycles. The molecule has 0 aliphatic rings. The molecule has 7 rings (SSSR count). The zero-order chi connectivity index (χ0) is 33.4. The van der Waals surface area contributed by atoms with Crippen molar-refractivity contribution < 1.29 is 4.73 Å². The van der Waals surface area contributed by atoms with Crippen LogP contribution in [0.15, 0.2) is 200 Å². The van der Waals surface area contributed by atoms with Crippen LogP contribution >= 0.6 is 0 Å². The summed E-state index contributed by atoms with van der Waals surface area (Å²) >= 11 is 0. The molecule has 6 aromatic carbocycles. The lowest BCUT2D eigenvalue weighted by Crippen LogP contribution is -2.31. The van der Waals surface area contributed by atoms with Gasteiger partial charge in [0.25, 0.3) is 5.69 Å². The Morgan fingerprint density at radius 3 is 0.918 bits per heavy atom. The topological polar surface area (TPSA) is 26.9 Å². The molecule has 0 atom stereocenters. The van der Waals surface area contributed by atoms with Gasteiger partial charge in [-0.2, -0.15) is 4.73 Å². The molecule has 0 spiro atoms. The molecule has 232 valence electrons. The van der Waals surface area contributed by atoms with E-state index >= 15 is 0 Å². The Bertz CT molecular complexity index is 2070. The number of hydrogen-bond donors (Lipinski definition) is 0. The van der Waals surface area contributed by atoms with Gasteiger partial charge in [0.15, 0.2) is 6.20 Å². The molecule has 0 unspecified atom stereocenters. The third-order valence-corrected chi connectivity index (χ3v) is 8.93. The number of benzene rings is 6. The van der Waals surface area contributed by atoms with Crippen molar-refractivity contribution in [2.45, 2.75) is 10.8 Å². The summed E-state index contributed by atoms with van der Waals surface area (Å²) in [5.41, 5.74) is 5.64. The molecule has 0 aliphatic heterocycles. The standard InChI is InChI=1S/C47H33NO/c49-48-37-38(33-35-46(39-19-7-1-8-20-39,40-21-9-2-10-22-40)41-23-11-3-12-24-41)31-32-45(48)34-36-47(42-25-13-4-14-26-42,43-27-15-5-16-28-43)44-29-17-6-18-30-44/h1-32,37H. The minimum absolute atomic E-state index is 0.346. The summed E-state index contributed by atoms with van der Waals surface area (Å²) in [6.07, 6.45) is 1.53. The Morgan fingerprint density at radius 1 is 0.347 bits per heavy atom. The first-order valence-corrected chi connectivity index (χ1v) is 16.3. The molecule has 49 heavy (non-hydrogen) atoms. The molecule has 0 saturated heterocycles. The predicted octanol–water partition coefficient (Wildman–Crippen LogP) is 9.09. The molecular formula is C47H33NO. The van der Waals surface area contributed by atoms with Gasteiger partial charge in [-0.1, -0.05) is 200 Å². The van der Waals surface area contributed by atoms with Gasteiger partial charge in [-0.05, 0) is 39.4 Å². The Balaban J connectivity index is 1.35.